The molecule has 0 atom stereocenters. The molecule has 0 unspecified atom stereocenters. The maximum atomic E-state index is 12.8. The van der Waals surface area contributed by atoms with Crippen LogP contribution in [-0.4, -0.2) is 23.6 Å². The number of hydrogen-bond donors (Lipinski definition) is 0. The lowest BCUT2D eigenvalue weighted by Gasteiger charge is -2.12. The Balaban J connectivity index is 2.22. The Labute approximate surface area is 104 Å². The van der Waals surface area contributed by atoms with Gasteiger partial charge in [-0.2, -0.15) is 5.26 Å². The molecular formula is C13H11FN4. The van der Waals surface area contributed by atoms with Crippen molar-refractivity contribution in [1.82, 2.24) is 9.97 Å². The summed E-state index contributed by atoms with van der Waals surface area (Å²) in [7, 11) is 1.75. The third kappa shape index (κ3) is 2.61. The van der Waals surface area contributed by atoms with Gasteiger partial charge in [0.2, 0.25) is 5.95 Å². The van der Waals surface area contributed by atoms with Crippen LogP contribution in [0.3, 0.4) is 0 Å². The molecule has 0 saturated carbocycles. The Morgan fingerprint density at radius 3 is 2.33 bits per heavy atom. The molecule has 90 valence electrons. The Kier molecular flexibility index (Phi) is 3.49. The van der Waals surface area contributed by atoms with Crippen LogP contribution in [0.1, 0.15) is 0 Å². The van der Waals surface area contributed by atoms with Crippen LogP contribution in [0.4, 0.5) is 10.3 Å². The minimum Gasteiger partial charge on any atom is -0.331 e. The summed E-state index contributed by atoms with van der Waals surface area (Å²) in [4.78, 5) is 9.98. The Bertz CT molecular complexity index is 557. The minimum absolute atomic E-state index is 0.232. The summed E-state index contributed by atoms with van der Waals surface area (Å²) in [5.41, 5.74) is 1.66. The number of halogens is 1. The fraction of sp³-hybridized carbons (Fsp3) is 0.154. The van der Waals surface area contributed by atoms with Crippen LogP contribution in [0.15, 0.2) is 36.7 Å². The van der Waals surface area contributed by atoms with Crippen molar-refractivity contribution in [3.05, 3.63) is 42.5 Å². The molecule has 2 rings (SSSR count). The van der Waals surface area contributed by atoms with E-state index < -0.39 is 0 Å². The van der Waals surface area contributed by atoms with E-state index in [-0.39, 0.29) is 12.4 Å². The van der Waals surface area contributed by atoms with Crippen molar-refractivity contribution in [1.29, 1.82) is 5.26 Å². The van der Waals surface area contributed by atoms with Gasteiger partial charge in [-0.25, -0.2) is 14.4 Å². The summed E-state index contributed by atoms with van der Waals surface area (Å²) >= 11 is 0. The zero-order valence-corrected chi connectivity index (χ0v) is 9.84. The lowest BCUT2D eigenvalue weighted by Crippen LogP contribution is -2.19. The highest BCUT2D eigenvalue weighted by Crippen LogP contribution is 2.18. The Hall–Kier alpha value is -2.48. The second kappa shape index (κ2) is 5.23. The second-order valence-electron chi connectivity index (χ2n) is 3.79. The Morgan fingerprint density at radius 2 is 1.78 bits per heavy atom. The van der Waals surface area contributed by atoms with Gasteiger partial charge in [-0.05, 0) is 17.7 Å². The van der Waals surface area contributed by atoms with Gasteiger partial charge in [0.05, 0.1) is 6.07 Å². The molecule has 18 heavy (non-hydrogen) atoms. The molecule has 5 heteroatoms. The van der Waals surface area contributed by atoms with E-state index in [2.05, 4.69) is 9.97 Å². The molecule has 0 N–H and O–H groups in total. The van der Waals surface area contributed by atoms with Gasteiger partial charge in [0.1, 0.15) is 12.4 Å². The summed E-state index contributed by atoms with van der Waals surface area (Å²) < 4.78 is 12.8. The normalized spacial score (nSPS) is 9.83. The predicted octanol–water partition coefficient (Wildman–Crippen LogP) is 2.24. The zero-order valence-electron chi connectivity index (χ0n) is 9.84. The third-order valence-electron chi connectivity index (χ3n) is 2.47. The SMILES string of the molecule is CN(CC#N)c1ncc(-c2ccc(F)cc2)cn1. The maximum Gasteiger partial charge on any atom is 0.225 e. The first-order chi connectivity index (χ1) is 8.70. The van der Waals surface area contributed by atoms with Crippen LogP contribution >= 0.6 is 0 Å². The highest BCUT2D eigenvalue weighted by atomic mass is 19.1. The van der Waals surface area contributed by atoms with Crippen LogP contribution in [0.25, 0.3) is 11.1 Å². The number of benzene rings is 1. The molecule has 0 bridgehead atoms. The zero-order chi connectivity index (χ0) is 13.0. The van der Waals surface area contributed by atoms with Crippen LogP contribution in [0.2, 0.25) is 0 Å². The van der Waals surface area contributed by atoms with E-state index in [1.165, 1.54) is 12.1 Å². The molecular weight excluding hydrogens is 231 g/mol. The monoisotopic (exact) mass is 242 g/mol. The molecule has 1 heterocycles. The fourth-order valence-corrected chi connectivity index (χ4v) is 1.49. The summed E-state index contributed by atoms with van der Waals surface area (Å²) in [5, 5.41) is 8.57. The van der Waals surface area contributed by atoms with E-state index in [4.69, 9.17) is 5.26 Å². The number of anilines is 1. The van der Waals surface area contributed by atoms with Gasteiger partial charge in [0.15, 0.2) is 0 Å². The molecule has 0 aliphatic rings. The maximum absolute atomic E-state index is 12.8. The summed E-state index contributed by atoms with van der Waals surface area (Å²) in [6.45, 7) is 0.232. The molecule has 0 amide bonds. The van der Waals surface area contributed by atoms with Gasteiger partial charge < -0.3 is 4.90 Å². The van der Waals surface area contributed by atoms with Crippen molar-refractivity contribution < 1.29 is 4.39 Å². The third-order valence-corrected chi connectivity index (χ3v) is 2.47. The first kappa shape index (κ1) is 12.0. The van der Waals surface area contributed by atoms with Gasteiger partial charge in [0, 0.05) is 25.0 Å². The standard InChI is InChI=1S/C13H11FN4/c1-18(7-6-15)13-16-8-11(9-17-13)10-2-4-12(14)5-3-10/h2-5,8-9H,7H2,1H3. The first-order valence-corrected chi connectivity index (χ1v) is 5.37. The van der Waals surface area contributed by atoms with E-state index in [9.17, 15) is 4.39 Å². The van der Waals surface area contributed by atoms with Crippen LogP contribution in [0.5, 0.6) is 0 Å². The van der Waals surface area contributed by atoms with Gasteiger partial charge in [-0.3, -0.25) is 0 Å². The summed E-state index contributed by atoms with van der Waals surface area (Å²) in [5.74, 6) is 0.215. The molecule has 0 aliphatic carbocycles. The molecule has 4 nitrogen and oxygen atoms in total. The lowest BCUT2D eigenvalue weighted by atomic mass is 10.1. The molecule has 1 aromatic carbocycles. The lowest BCUT2D eigenvalue weighted by molar-refractivity contribution is 0.628. The van der Waals surface area contributed by atoms with Gasteiger partial charge in [-0.15, -0.1) is 0 Å². The topological polar surface area (TPSA) is 52.8 Å². The van der Waals surface area contributed by atoms with E-state index in [1.54, 1.807) is 36.5 Å². The quantitative estimate of drug-likeness (QED) is 0.774. The summed E-state index contributed by atoms with van der Waals surface area (Å²) in [6, 6.07) is 8.16. The van der Waals surface area contributed by atoms with Crippen molar-refractivity contribution in [2.75, 3.05) is 18.5 Å². The number of nitrogens with zero attached hydrogens (tertiary/aromatic N) is 4. The van der Waals surface area contributed by atoms with E-state index in [0.29, 0.717) is 5.95 Å². The highest BCUT2D eigenvalue weighted by molar-refractivity contribution is 5.61. The van der Waals surface area contributed by atoms with Gasteiger partial charge in [0.25, 0.3) is 0 Å². The van der Waals surface area contributed by atoms with E-state index >= 15 is 0 Å². The average Bonchev–Trinajstić information content (AvgIpc) is 2.40. The number of nitriles is 1. The van der Waals surface area contributed by atoms with E-state index in [1.807, 2.05) is 6.07 Å². The van der Waals surface area contributed by atoms with Crippen LogP contribution in [0, 0.1) is 17.1 Å². The largest absolute Gasteiger partial charge is 0.331 e. The number of rotatable bonds is 3. The molecule has 0 aliphatic heterocycles. The average molecular weight is 242 g/mol. The van der Waals surface area contributed by atoms with Crippen LogP contribution < -0.4 is 4.90 Å². The number of aromatic nitrogens is 2. The molecule has 0 spiro atoms. The molecule has 0 saturated heterocycles. The highest BCUT2D eigenvalue weighted by Gasteiger charge is 2.04. The molecule has 0 radical (unpaired) electrons. The van der Waals surface area contributed by atoms with E-state index in [0.717, 1.165) is 11.1 Å². The predicted molar refractivity (Wildman–Crippen MR) is 66.3 cm³/mol. The first-order valence-electron chi connectivity index (χ1n) is 5.37. The van der Waals surface area contributed by atoms with Crippen molar-refractivity contribution in [3.8, 4) is 17.2 Å². The van der Waals surface area contributed by atoms with Crippen molar-refractivity contribution in [2.24, 2.45) is 0 Å². The van der Waals surface area contributed by atoms with Crippen molar-refractivity contribution >= 4 is 5.95 Å². The molecule has 0 fully saturated rings. The molecule has 1 aromatic heterocycles. The smallest absolute Gasteiger partial charge is 0.225 e. The van der Waals surface area contributed by atoms with Crippen molar-refractivity contribution in [2.45, 2.75) is 0 Å². The van der Waals surface area contributed by atoms with Gasteiger partial charge in [-0.1, -0.05) is 12.1 Å². The fourth-order valence-electron chi connectivity index (χ4n) is 1.49. The van der Waals surface area contributed by atoms with Crippen molar-refractivity contribution in [3.63, 3.8) is 0 Å². The summed E-state index contributed by atoms with van der Waals surface area (Å²) in [6.07, 6.45) is 3.31. The Morgan fingerprint density at radius 1 is 1.17 bits per heavy atom. The van der Waals surface area contributed by atoms with Crippen LogP contribution in [-0.2, 0) is 0 Å². The second-order valence-corrected chi connectivity index (χ2v) is 3.79. The number of hydrogen-bond acceptors (Lipinski definition) is 4. The van der Waals surface area contributed by atoms with Gasteiger partial charge >= 0.3 is 0 Å². The minimum atomic E-state index is -0.273. The molecule has 2 aromatic rings.